The summed E-state index contributed by atoms with van der Waals surface area (Å²) in [6.45, 7) is 13.4. The van der Waals surface area contributed by atoms with Crippen LogP contribution in [0.4, 0.5) is 10.5 Å². The van der Waals surface area contributed by atoms with Crippen LogP contribution in [0.5, 0.6) is 0 Å². The molecule has 4 aromatic rings. The number of nitrogens with zero attached hydrogens (tertiary/aromatic N) is 2. The van der Waals surface area contributed by atoms with E-state index in [1.807, 2.05) is 64.1 Å². The van der Waals surface area contributed by atoms with Crippen molar-refractivity contribution in [1.82, 2.24) is 4.57 Å². The molecule has 0 radical (unpaired) electrons. The molecule has 0 fully saturated rings. The molecule has 0 saturated carbocycles. The first kappa shape index (κ1) is 22.6. The maximum Gasteiger partial charge on any atom is 0.418 e. The molecule has 0 aliphatic rings. The van der Waals surface area contributed by atoms with Crippen molar-refractivity contribution in [3.05, 3.63) is 64.6 Å². The van der Waals surface area contributed by atoms with Crippen molar-refractivity contribution >= 4 is 33.7 Å². The minimum atomic E-state index is -0.583. The largest absolute Gasteiger partial charge is 0.443 e. The summed E-state index contributed by atoms with van der Waals surface area (Å²) in [7, 11) is 0. The average molecular weight is 447 g/mol. The number of aryl methyl sites for hydroxylation is 1. The topological polar surface area (TPSA) is 64.7 Å². The van der Waals surface area contributed by atoms with Crippen LogP contribution in [0, 0.1) is 6.92 Å². The molecule has 2 aromatic carbocycles. The van der Waals surface area contributed by atoms with Crippen LogP contribution in [-0.2, 0) is 4.74 Å². The van der Waals surface area contributed by atoms with E-state index in [9.17, 15) is 9.59 Å². The third-order valence-electron chi connectivity index (χ3n) is 5.85. The SMILES string of the molecule is CCN(CC)c1ccc2c(C)c(-c3ccc4c(ccn4C(=O)OC(C)(C)C)c3)c(=O)oc2c1. The summed E-state index contributed by atoms with van der Waals surface area (Å²) in [5, 5.41) is 1.75. The molecule has 33 heavy (non-hydrogen) atoms. The number of ether oxygens (including phenoxy) is 1. The standard InChI is InChI=1S/C27H30N2O4/c1-7-28(8-2)20-10-11-21-17(3)24(25(30)32-23(21)16-20)19-9-12-22-18(15-19)13-14-29(22)26(31)33-27(4,5)6/h9-16H,7-8H2,1-6H3. The molecular weight excluding hydrogens is 416 g/mol. The van der Waals surface area contributed by atoms with Crippen LogP contribution < -0.4 is 10.5 Å². The zero-order valence-corrected chi connectivity index (χ0v) is 20.1. The highest BCUT2D eigenvalue weighted by atomic mass is 16.6. The van der Waals surface area contributed by atoms with Gasteiger partial charge < -0.3 is 14.1 Å². The minimum absolute atomic E-state index is 0.373. The number of anilines is 1. The molecule has 0 amide bonds. The fourth-order valence-electron chi connectivity index (χ4n) is 4.23. The van der Waals surface area contributed by atoms with Gasteiger partial charge in [-0.3, -0.25) is 4.57 Å². The lowest BCUT2D eigenvalue weighted by Crippen LogP contribution is -2.26. The summed E-state index contributed by atoms with van der Waals surface area (Å²) < 4.78 is 12.7. The molecule has 6 nitrogen and oxygen atoms in total. The Balaban J connectivity index is 1.78. The molecule has 0 saturated heterocycles. The molecule has 0 N–H and O–H groups in total. The maximum atomic E-state index is 13.0. The Labute approximate surface area is 193 Å². The summed E-state index contributed by atoms with van der Waals surface area (Å²) >= 11 is 0. The second-order valence-corrected chi connectivity index (χ2v) is 9.18. The summed E-state index contributed by atoms with van der Waals surface area (Å²) in [5.41, 5.74) is 3.55. The molecule has 0 bridgehead atoms. The zero-order valence-electron chi connectivity index (χ0n) is 20.1. The molecule has 0 aliphatic carbocycles. The fraction of sp³-hybridized carbons (Fsp3) is 0.333. The summed E-state index contributed by atoms with van der Waals surface area (Å²) in [4.78, 5) is 27.8. The van der Waals surface area contributed by atoms with Gasteiger partial charge in [0.05, 0.1) is 11.1 Å². The van der Waals surface area contributed by atoms with E-state index >= 15 is 0 Å². The van der Waals surface area contributed by atoms with Gasteiger partial charge in [-0.05, 0) is 83.0 Å². The van der Waals surface area contributed by atoms with Gasteiger partial charge in [0.15, 0.2) is 0 Å². The summed E-state index contributed by atoms with van der Waals surface area (Å²) in [6, 6.07) is 13.4. The van der Waals surface area contributed by atoms with E-state index in [1.54, 1.807) is 6.20 Å². The monoisotopic (exact) mass is 446 g/mol. The number of rotatable bonds is 4. The summed E-state index contributed by atoms with van der Waals surface area (Å²) in [5.74, 6) is 0. The van der Waals surface area contributed by atoms with Gasteiger partial charge in [0.2, 0.25) is 0 Å². The van der Waals surface area contributed by atoms with E-state index in [0.717, 1.165) is 46.2 Å². The van der Waals surface area contributed by atoms with Gasteiger partial charge in [-0.2, -0.15) is 0 Å². The van der Waals surface area contributed by atoms with Gasteiger partial charge in [-0.1, -0.05) is 6.07 Å². The molecule has 0 spiro atoms. The molecule has 4 rings (SSSR count). The van der Waals surface area contributed by atoms with Crippen LogP contribution >= 0.6 is 0 Å². The van der Waals surface area contributed by atoms with Crippen molar-refractivity contribution in [2.24, 2.45) is 0 Å². The van der Waals surface area contributed by atoms with Crippen molar-refractivity contribution in [1.29, 1.82) is 0 Å². The second-order valence-electron chi connectivity index (χ2n) is 9.18. The second kappa shape index (κ2) is 8.43. The quantitative estimate of drug-likeness (QED) is 0.342. The van der Waals surface area contributed by atoms with E-state index in [4.69, 9.17) is 9.15 Å². The minimum Gasteiger partial charge on any atom is -0.443 e. The van der Waals surface area contributed by atoms with Crippen LogP contribution in [0.3, 0.4) is 0 Å². The lowest BCUT2D eigenvalue weighted by molar-refractivity contribution is 0.0544. The van der Waals surface area contributed by atoms with Crippen LogP contribution in [0.15, 0.2) is 57.9 Å². The highest BCUT2D eigenvalue weighted by Crippen LogP contribution is 2.31. The lowest BCUT2D eigenvalue weighted by atomic mass is 9.98. The number of hydrogen-bond acceptors (Lipinski definition) is 5. The van der Waals surface area contributed by atoms with Gasteiger partial charge in [0.25, 0.3) is 0 Å². The van der Waals surface area contributed by atoms with Crippen LogP contribution in [0.1, 0.15) is 40.2 Å². The van der Waals surface area contributed by atoms with Gasteiger partial charge >= 0.3 is 11.7 Å². The molecule has 0 atom stereocenters. The van der Waals surface area contributed by atoms with Crippen molar-refractivity contribution < 1.29 is 13.9 Å². The Hall–Kier alpha value is -3.54. The zero-order chi connectivity index (χ0) is 23.9. The molecular formula is C27H30N2O4. The van der Waals surface area contributed by atoms with E-state index < -0.39 is 11.7 Å². The number of hydrogen-bond donors (Lipinski definition) is 0. The Morgan fingerprint density at radius 3 is 2.45 bits per heavy atom. The highest BCUT2D eigenvalue weighted by molar-refractivity contribution is 5.94. The normalized spacial score (nSPS) is 11.8. The van der Waals surface area contributed by atoms with E-state index in [0.29, 0.717) is 11.1 Å². The van der Waals surface area contributed by atoms with E-state index in [2.05, 4.69) is 24.8 Å². The molecule has 2 aromatic heterocycles. The van der Waals surface area contributed by atoms with Crippen LogP contribution in [0.2, 0.25) is 0 Å². The fourth-order valence-corrected chi connectivity index (χ4v) is 4.23. The van der Waals surface area contributed by atoms with Gasteiger partial charge in [0, 0.05) is 41.8 Å². The number of carbonyl (C=O) groups excluding carboxylic acids is 1. The number of carbonyl (C=O) groups is 1. The number of benzene rings is 2. The predicted molar refractivity (Wildman–Crippen MR) is 133 cm³/mol. The lowest BCUT2D eigenvalue weighted by Gasteiger charge is -2.21. The Morgan fingerprint density at radius 2 is 1.79 bits per heavy atom. The molecule has 2 heterocycles. The first-order chi connectivity index (χ1) is 15.6. The van der Waals surface area contributed by atoms with Crippen molar-refractivity contribution in [3.8, 4) is 11.1 Å². The van der Waals surface area contributed by atoms with Crippen LogP contribution in [0.25, 0.3) is 33.0 Å². The smallest absolute Gasteiger partial charge is 0.418 e. The molecule has 0 unspecified atom stereocenters. The first-order valence-electron chi connectivity index (χ1n) is 11.3. The highest BCUT2D eigenvalue weighted by Gasteiger charge is 2.20. The Kier molecular flexibility index (Phi) is 5.78. The van der Waals surface area contributed by atoms with Crippen LogP contribution in [-0.4, -0.2) is 29.4 Å². The Morgan fingerprint density at radius 1 is 1.06 bits per heavy atom. The van der Waals surface area contributed by atoms with Gasteiger partial charge in [-0.25, -0.2) is 9.59 Å². The first-order valence-corrected chi connectivity index (χ1v) is 11.3. The van der Waals surface area contributed by atoms with Gasteiger partial charge in [0.1, 0.15) is 11.2 Å². The third kappa shape index (κ3) is 4.25. The molecule has 0 aliphatic heterocycles. The third-order valence-corrected chi connectivity index (χ3v) is 5.85. The van der Waals surface area contributed by atoms with Gasteiger partial charge in [-0.15, -0.1) is 0 Å². The van der Waals surface area contributed by atoms with Crippen molar-refractivity contribution in [2.45, 2.75) is 47.1 Å². The summed E-state index contributed by atoms with van der Waals surface area (Å²) in [6.07, 6.45) is 1.25. The average Bonchev–Trinajstić information content (AvgIpc) is 3.17. The van der Waals surface area contributed by atoms with E-state index in [-0.39, 0.29) is 5.63 Å². The number of fused-ring (bicyclic) bond motifs is 2. The number of aromatic nitrogens is 1. The van der Waals surface area contributed by atoms with E-state index in [1.165, 1.54) is 4.57 Å². The van der Waals surface area contributed by atoms with Crippen molar-refractivity contribution in [3.63, 3.8) is 0 Å². The predicted octanol–water partition coefficient (Wildman–Crippen LogP) is 6.35. The molecule has 172 valence electrons. The maximum absolute atomic E-state index is 13.0. The molecule has 6 heteroatoms. The van der Waals surface area contributed by atoms with Crippen molar-refractivity contribution in [2.75, 3.05) is 18.0 Å². The Bertz CT molecular complexity index is 1400.